The fraction of sp³-hybridized carbons (Fsp3) is 0.583. The molecule has 0 spiro atoms. The van der Waals surface area contributed by atoms with E-state index in [0.29, 0.717) is 11.8 Å². The summed E-state index contributed by atoms with van der Waals surface area (Å²) in [4.78, 5) is 4.31. The maximum absolute atomic E-state index is 5.32. The summed E-state index contributed by atoms with van der Waals surface area (Å²) in [5, 5.41) is 3.34. The Morgan fingerprint density at radius 3 is 3.00 bits per heavy atom. The quantitative estimate of drug-likeness (QED) is 0.845. The summed E-state index contributed by atoms with van der Waals surface area (Å²) in [7, 11) is 1.63. The summed E-state index contributed by atoms with van der Waals surface area (Å²) in [5.41, 5.74) is 0. The van der Waals surface area contributed by atoms with E-state index in [0.717, 1.165) is 38.4 Å². The van der Waals surface area contributed by atoms with Gasteiger partial charge in [0.15, 0.2) is 0 Å². The van der Waals surface area contributed by atoms with Gasteiger partial charge in [0.2, 0.25) is 5.88 Å². The van der Waals surface area contributed by atoms with E-state index in [1.54, 1.807) is 7.11 Å². The summed E-state index contributed by atoms with van der Waals surface area (Å²) in [6.07, 6.45) is 2.27. The van der Waals surface area contributed by atoms with Crippen molar-refractivity contribution in [2.24, 2.45) is 5.92 Å². The third-order valence-electron chi connectivity index (χ3n) is 2.85. The third kappa shape index (κ3) is 3.10. The van der Waals surface area contributed by atoms with Crippen molar-refractivity contribution in [3.05, 3.63) is 18.2 Å². The molecule has 0 amide bonds. The normalized spacial score (nSPS) is 17.1. The van der Waals surface area contributed by atoms with Gasteiger partial charge in [-0.25, -0.2) is 0 Å². The number of ether oxygens (including phenoxy) is 2. The zero-order valence-electron chi connectivity index (χ0n) is 9.61. The van der Waals surface area contributed by atoms with Gasteiger partial charge in [-0.05, 0) is 24.8 Å². The lowest BCUT2D eigenvalue weighted by molar-refractivity contribution is 0.0699. The minimum atomic E-state index is 0.650. The SMILES string of the molecule is COc1cccc(NCC2CCOCC2)n1. The number of hydrogen-bond acceptors (Lipinski definition) is 4. The molecule has 16 heavy (non-hydrogen) atoms. The molecule has 4 nitrogen and oxygen atoms in total. The van der Waals surface area contributed by atoms with Crippen molar-refractivity contribution in [2.75, 3.05) is 32.2 Å². The minimum Gasteiger partial charge on any atom is -0.481 e. The first-order valence-corrected chi connectivity index (χ1v) is 5.71. The zero-order chi connectivity index (χ0) is 11.2. The van der Waals surface area contributed by atoms with Crippen LogP contribution in [0.3, 0.4) is 0 Å². The van der Waals surface area contributed by atoms with E-state index in [9.17, 15) is 0 Å². The highest BCUT2D eigenvalue weighted by Crippen LogP contribution is 2.16. The Morgan fingerprint density at radius 2 is 2.25 bits per heavy atom. The average Bonchev–Trinajstić information content (AvgIpc) is 2.38. The van der Waals surface area contributed by atoms with Gasteiger partial charge in [0.25, 0.3) is 0 Å². The van der Waals surface area contributed by atoms with Crippen molar-refractivity contribution in [1.29, 1.82) is 0 Å². The number of nitrogens with zero attached hydrogens (tertiary/aromatic N) is 1. The molecule has 88 valence electrons. The van der Waals surface area contributed by atoms with Crippen LogP contribution in [0, 0.1) is 5.92 Å². The van der Waals surface area contributed by atoms with Crippen LogP contribution in [0.15, 0.2) is 18.2 Å². The second kappa shape index (κ2) is 5.70. The molecule has 0 bridgehead atoms. The van der Waals surface area contributed by atoms with Crippen LogP contribution in [-0.2, 0) is 4.74 Å². The van der Waals surface area contributed by atoms with Gasteiger partial charge in [-0.2, -0.15) is 4.98 Å². The number of hydrogen-bond donors (Lipinski definition) is 1. The van der Waals surface area contributed by atoms with E-state index in [1.165, 1.54) is 0 Å². The van der Waals surface area contributed by atoms with E-state index in [-0.39, 0.29) is 0 Å². The van der Waals surface area contributed by atoms with Gasteiger partial charge in [0.05, 0.1) is 7.11 Å². The molecule has 0 unspecified atom stereocenters. The number of anilines is 1. The van der Waals surface area contributed by atoms with Crippen molar-refractivity contribution in [3.8, 4) is 5.88 Å². The van der Waals surface area contributed by atoms with Gasteiger partial charge >= 0.3 is 0 Å². The van der Waals surface area contributed by atoms with Crippen molar-refractivity contribution in [2.45, 2.75) is 12.8 Å². The lowest BCUT2D eigenvalue weighted by atomic mass is 10.0. The minimum absolute atomic E-state index is 0.650. The molecular formula is C12H18N2O2. The monoisotopic (exact) mass is 222 g/mol. The lowest BCUT2D eigenvalue weighted by Gasteiger charge is -2.22. The number of methoxy groups -OCH3 is 1. The van der Waals surface area contributed by atoms with Crippen molar-refractivity contribution in [1.82, 2.24) is 4.98 Å². The Morgan fingerprint density at radius 1 is 1.44 bits per heavy atom. The summed E-state index contributed by atoms with van der Waals surface area (Å²) in [5.74, 6) is 2.23. The standard InChI is InChI=1S/C12H18N2O2/c1-15-12-4-2-3-11(14-12)13-9-10-5-7-16-8-6-10/h2-4,10H,5-9H2,1H3,(H,13,14). The molecule has 0 atom stereocenters. The van der Waals surface area contributed by atoms with Crippen LogP contribution in [0.4, 0.5) is 5.82 Å². The van der Waals surface area contributed by atoms with E-state index in [2.05, 4.69) is 10.3 Å². The van der Waals surface area contributed by atoms with Gasteiger partial charge in [-0.15, -0.1) is 0 Å². The molecule has 1 aromatic rings. The Balaban J connectivity index is 1.83. The number of nitrogens with one attached hydrogen (secondary N) is 1. The molecular weight excluding hydrogens is 204 g/mol. The van der Waals surface area contributed by atoms with Crippen LogP contribution < -0.4 is 10.1 Å². The Hall–Kier alpha value is -1.29. The first-order chi connectivity index (χ1) is 7.88. The Labute approximate surface area is 96.0 Å². The first kappa shape index (κ1) is 11.2. The maximum Gasteiger partial charge on any atom is 0.214 e. The summed E-state index contributed by atoms with van der Waals surface area (Å²) < 4.78 is 10.4. The molecule has 1 aliphatic rings. The second-order valence-corrected chi connectivity index (χ2v) is 4.00. The molecule has 1 fully saturated rings. The summed E-state index contributed by atoms with van der Waals surface area (Å²) in [6.45, 7) is 2.74. The van der Waals surface area contributed by atoms with Crippen LogP contribution in [-0.4, -0.2) is 31.9 Å². The topological polar surface area (TPSA) is 43.4 Å². The number of aromatic nitrogens is 1. The van der Waals surface area contributed by atoms with E-state index in [1.807, 2.05) is 18.2 Å². The molecule has 0 aromatic carbocycles. The number of rotatable bonds is 4. The van der Waals surface area contributed by atoms with Gasteiger partial charge in [0, 0.05) is 25.8 Å². The molecule has 4 heteroatoms. The fourth-order valence-corrected chi connectivity index (χ4v) is 1.83. The molecule has 2 heterocycles. The summed E-state index contributed by atoms with van der Waals surface area (Å²) >= 11 is 0. The lowest BCUT2D eigenvalue weighted by Crippen LogP contribution is -2.22. The molecule has 0 saturated carbocycles. The Kier molecular flexibility index (Phi) is 3.99. The highest BCUT2D eigenvalue weighted by molar-refractivity contribution is 5.36. The molecule has 2 rings (SSSR count). The van der Waals surface area contributed by atoms with Crippen LogP contribution in [0.2, 0.25) is 0 Å². The third-order valence-corrected chi connectivity index (χ3v) is 2.85. The van der Waals surface area contributed by atoms with Crippen LogP contribution in [0.25, 0.3) is 0 Å². The molecule has 0 aliphatic carbocycles. The molecule has 1 saturated heterocycles. The van der Waals surface area contributed by atoms with Crippen LogP contribution in [0.1, 0.15) is 12.8 Å². The summed E-state index contributed by atoms with van der Waals surface area (Å²) in [6, 6.07) is 5.75. The van der Waals surface area contributed by atoms with Crippen LogP contribution >= 0.6 is 0 Å². The predicted molar refractivity (Wildman–Crippen MR) is 62.8 cm³/mol. The molecule has 1 N–H and O–H groups in total. The Bertz CT molecular complexity index is 325. The average molecular weight is 222 g/mol. The first-order valence-electron chi connectivity index (χ1n) is 5.71. The van der Waals surface area contributed by atoms with Gasteiger partial charge in [-0.1, -0.05) is 6.07 Å². The van der Waals surface area contributed by atoms with Gasteiger partial charge in [0.1, 0.15) is 5.82 Å². The molecule has 1 aromatic heterocycles. The molecule has 0 radical (unpaired) electrons. The van der Waals surface area contributed by atoms with E-state index in [4.69, 9.17) is 9.47 Å². The smallest absolute Gasteiger partial charge is 0.214 e. The maximum atomic E-state index is 5.32. The van der Waals surface area contributed by atoms with E-state index >= 15 is 0 Å². The predicted octanol–water partition coefficient (Wildman–Crippen LogP) is 1.93. The molecule has 1 aliphatic heterocycles. The van der Waals surface area contributed by atoms with Crippen LogP contribution in [0.5, 0.6) is 5.88 Å². The van der Waals surface area contributed by atoms with Gasteiger partial charge in [-0.3, -0.25) is 0 Å². The van der Waals surface area contributed by atoms with E-state index < -0.39 is 0 Å². The van der Waals surface area contributed by atoms with Crippen molar-refractivity contribution < 1.29 is 9.47 Å². The van der Waals surface area contributed by atoms with Gasteiger partial charge < -0.3 is 14.8 Å². The van der Waals surface area contributed by atoms with Crippen molar-refractivity contribution >= 4 is 5.82 Å². The highest BCUT2D eigenvalue weighted by Gasteiger charge is 2.13. The fourth-order valence-electron chi connectivity index (χ4n) is 1.83. The number of pyridine rings is 1. The highest BCUT2D eigenvalue weighted by atomic mass is 16.5. The second-order valence-electron chi connectivity index (χ2n) is 4.00. The zero-order valence-corrected chi connectivity index (χ0v) is 9.61. The largest absolute Gasteiger partial charge is 0.481 e. The van der Waals surface area contributed by atoms with Crippen molar-refractivity contribution in [3.63, 3.8) is 0 Å².